The second kappa shape index (κ2) is 11.2. The molecule has 0 spiro atoms. The lowest BCUT2D eigenvalue weighted by Gasteiger charge is -2.16. The number of nitrogens with zero attached hydrogens (tertiary/aromatic N) is 2. The van der Waals surface area contributed by atoms with Gasteiger partial charge in [-0.3, -0.25) is 9.59 Å². The molecule has 0 fully saturated rings. The maximum absolute atomic E-state index is 12.6. The Morgan fingerprint density at radius 1 is 1.14 bits per heavy atom. The summed E-state index contributed by atoms with van der Waals surface area (Å²) in [6.07, 6.45) is 3.14. The molecule has 2 heterocycles. The molecule has 4 rings (SSSR count). The van der Waals surface area contributed by atoms with Crippen LogP contribution in [0.4, 0.5) is 5.95 Å². The minimum atomic E-state index is -0.325. The first-order chi connectivity index (χ1) is 17.3. The molecule has 2 atom stereocenters. The van der Waals surface area contributed by atoms with Gasteiger partial charge < -0.3 is 20.7 Å². The number of hydrogen-bond donors (Lipinski definition) is 4. The van der Waals surface area contributed by atoms with Gasteiger partial charge in [0.1, 0.15) is 5.75 Å². The summed E-state index contributed by atoms with van der Waals surface area (Å²) in [5.74, 6) is 0.357. The molecule has 1 amide bonds. The van der Waals surface area contributed by atoms with Crippen molar-refractivity contribution >= 4 is 34.4 Å². The Balaban J connectivity index is 1.34. The predicted molar refractivity (Wildman–Crippen MR) is 142 cm³/mol. The molecule has 8 nitrogen and oxygen atoms in total. The van der Waals surface area contributed by atoms with Crippen LogP contribution >= 0.6 is 11.6 Å². The van der Waals surface area contributed by atoms with Gasteiger partial charge in [-0.25, -0.2) is 9.97 Å². The lowest BCUT2D eigenvalue weighted by atomic mass is 10.0. The highest BCUT2D eigenvalue weighted by Crippen LogP contribution is 2.23. The highest BCUT2D eigenvalue weighted by Gasteiger charge is 2.15. The highest BCUT2D eigenvalue weighted by atomic mass is 35.5. The molecule has 0 bridgehead atoms. The number of anilines is 1. The van der Waals surface area contributed by atoms with Crippen molar-refractivity contribution in [3.63, 3.8) is 0 Å². The first-order valence-electron chi connectivity index (χ1n) is 11.8. The van der Waals surface area contributed by atoms with Crippen LogP contribution in [0.5, 0.6) is 5.75 Å². The number of benzene rings is 2. The number of H-pyrrole nitrogens is 1. The Labute approximate surface area is 213 Å². The summed E-state index contributed by atoms with van der Waals surface area (Å²) in [5, 5.41) is 17.2. The van der Waals surface area contributed by atoms with Crippen molar-refractivity contribution in [1.82, 2.24) is 20.3 Å². The monoisotopic (exact) mass is 505 g/mol. The molecule has 4 N–H and O–H groups in total. The molecular weight excluding hydrogens is 478 g/mol. The zero-order valence-corrected chi connectivity index (χ0v) is 20.8. The third kappa shape index (κ3) is 6.01. The van der Waals surface area contributed by atoms with Crippen LogP contribution in [-0.2, 0) is 6.42 Å². The third-order valence-electron chi connectivity index (χ3n) is 6.01. The number of pyridine rings is 1. The van der Waals surface area contributed by atoms with Crippen molar-refractivity contribution in [3.05, 3.63) is 93.0 Å². The second-order valence-corrected chi connectivity index (χ2v) is 9.27. The number of phenolic OH excluding ortho intramolecular Hbond substituents is 1. The summed E-state index contributed by atoms with van der Waals surface area (Å²) in [4.78, 5) is 36.7. The summed E-state index contributed by atoms with van der Waals surface area (Å²) >= 11 is 6.19. The van der Waals surface area contributed by atoms with Gasteiger partial charge in [0.05, 0.1) is 22.1 Å². The topological polar surface area (TPSA) is 120 Å². The van der Waals surface area contributed by atoms with Gasteiger partial charge in [-0.15, -0.1) is 0 Å². The Kier molecular flexibility index (Phi) is 7.85. The number of amides is 1. The van der Waals surface area contributed by atoms with Crippen LogP contribution in [0.25, 0.3) is 10.9 Å². The van der Waals surface area contributed by atoms with E-state index < -0.39 is 0 Å². The SMILES string of the molecule is CC(CCNC(=O)c1ccccc1O)Cc1ccnc(N[C@@H](C)c2cc3cccc(Cl)c3[nH]c2=O)n1. The minimum Gasteiger partial charge on any atom is -0.507 e. The molecule has 2 aromatic heterocycles. The van der Waals surface area contributed by atoms with Crippen molar-refractivity contribution in [1.29, 1.82) is 0 Å². The number of phenols is 1. The summed E-state index contributed by atoms with van der Waals surface area (Å²) in [6, 6.07) is 15.3. The number of rotatable bonds is 9. The van der Waals surface area contributed by atoms with Gasteiger partial charge in [-0.1, -0.05) is 42.8 Å². The van der Waals surface area contributed by atoms with Crippen LogP contribution in [-0.4, -0.2) is 32.5 Å². The average Bonchev–Trinajstić information content (AvgIpc) is 2.84. The number of aromatic nitrogens is 3. The minimum absolute atomic E-state index is 0.0345. The first kappa shape index (κ1) is 25.2. The van der Waals surface area contributed by atoms with Crippen LogP contribution in [0.2, 0.25) is 5.02 Å². The molecule has 0 radical (unpaired) electrons. The van der Waals surface area contributed by atoms with Crippen molar-refractivity contribution in [2.24, 2.45) is 5.92 Å². The fourth-order valence-electron chi connectivity index (χ4n) is 4.04. The van der Waals surface area contributed by atoms with E-state index in [0.717, 1.165) is 17.5 Å². The predicted octanol–water partition coefficient (Wildman–Crippen LogP) is 4.85. The van der Waals surface area contributed by atoms with Crippen molar-refractivity contribution in [2.45, 2.75) is 32.7 Å². The zero-order chi connectivity index (χ0) is 25.7. The van der Waals surface area contributed by atoms with Crippen LogP contribution in [0, 0.1) is 5.92 Å². The molecular formula is C27H28ClN5O3. The highest BCUT2D eigenvalue weighted by molar-refractivity contribution is 6.35. The normalized spacial score (nSPS) is 12.8. The molecule has 9 heteroatoms. The number of nitrogens with one attached hydrogen (secondary N) is 3. The smallest absolute Gasteiger partial charge is 0.255 e. The van der Waals surface area contributed by atoms with Gasteiger partial charge >= 0.3 is 0 Å². The Morgan fingerprint density at radius 2 is 1.94 bits per heavy atom. The summed E-state index contributed by atoms with van der Waals surface area (Å²) in [7, 11) is 0. The van der Waals surface area contributed by atoms with E-state index in [4.69, 9.17) is 11.6 Å². The Hall–Kier alpha value is -3.91. The van der Waals surface area contributed by atoms with E-state index in [2.05, 4.69) is 32.5 Å². The molecule has 0 aliphatic carbocycles. The average molecular weight is 506 g/mol. The van der Waals surface area contributed by atoms with Gasteiger partial charge in [0.25, 0.3) is 11.5 Å². The van der Waals surface area contributed by atoms with Crippen LogP contribution in [0.1, 0.15) is 47.9 Å². The Morgan fingerprint density at radius 3 is 2.75 bits per heavy atom. The first-order valence-corrected chi connectivity index (χ1v) is 12.2. The molecule has 0 saturated heterocycles. The molecule has 2 aromatic carbocycles. The van der Waals surface area contributed by atoms with Crippen molar-refractivity contribution in [3.8, 4) is 5.75 Å². The van der Waals surface area contributed by atoms with Crippen molar-refractivity contribution < 1.29 is 9.90 Å². The quantitative estimate of drug-likeness (QED) is 0.258. The van der Waals surface area contributed by atoms with Gasteiger partial charge in [0.2, 0.25) is 5.95 Å². The number of hydrogen-bond acceptors (Lipinski definition) is 6. The van der Waals surface area contributed by atoms with E-state index >= 15 is 0 Å². The number of aromatic amines is 1. The number of aromatic hydroxyl groups is 1. The largest absolute Gasteiger partial charge is 0.507 e. The number of carbonyl (C=O) groups is 1. The Bertz CT molecular complexity index is 1440. The fourth-order valence-corrected chi connectivity index (χ4v) is 4.27. The number of fused-ring (bicyclic) bond motifs is 1. The van der Waals surface area contributed by atoms with E-state index in [0.29, 0.717) is 35.0 Å². The lowest BCUT2D eigenvalue weighted by molar-refractivity contribution is 0.0949. The van der Waals surface area contributed by atoms with Crippen LogP contribution in [0.15, 0.2) is 65.6 Å². The summed E-state index contributed by atoms with van der Waals surface area (Å²) < 4.78 is 0. The third-order valence-corrected chi connectivity index (χ3v) is 6.33. The zero-order valence-electron chi connectivity index (χ0n) is 20.1. The van der Waals surface area contributed by atoms with Gasteiger partial charge in [-0.05, 0) is 56.0 Å². The number of para-hydroxylation sites is 2. The summed E-state index contributed by atoms with van der Waals surface area (Å²) in [5.41, 5.74) is 2.08. The van der Waals surface area contributed by atoms with E-state index in [-0.39, 0.29) is 34.7 Å². The standard InChI is InChI=1S/C27H28ClN5O3/c1-16(10-12-29-25(35)20-7-3-4-9-23(20)34)14-19-11-13-30-27(32-19)31-17(2)21-15-18-6-5-8-22(28)24(18)33-26(21)36/h3-9,11,13,15-17,34H,10,12,14H2,1-2H3,(H,29,35)(H,33,36)(H,30,31,32)/t16?,17-/m0/s1. The van der Waals surface area contributed by atoms with E-state index in [9.17, 15) is 14.7 Å². The van der Waals surface area contributed by atoms with Gasteiger partial charge in [-0.2, -0.15) is 0 Å². The molecule has 1 unspecified atom stereocenters. The van der Waals surface area contributed by atoms with Gasteiger partial charge in [0, 0.05) is 29.4 Å². The maximum atomic E-state index is 12.6. The molecule has 4 aromatic rings. The second-order valence-electron chi connectivity index (χ2n) is 8.87. The molecule has 0 saturated carbocycles. The number of halogens is 1. The van der Waals surface area contributed by atoms with Crippen LogP contribution in [0.3, 0.4) is 0 Å². The van der Waals surface area contributed by atoms with Gasteiger partial charge in [0.15, 0.2) is 0 Å². The number of carbonyl (C=O) groups excluding carboxylic acids is 1. The van der Waals surface area contributed by atoms with E-state index in [1.54, 1.807) is 30.5 Å². The van der Waals surface area contributed by atoms with E-state index in [1.807, 2.05) is 31.2 Å². The summed E-state index contributed by atoms with van der Waals surface area (Å²) in [6.45, 7) is 4.45. The maximum Gasteiger partial charge on any atom is 0.255 e. The molecule has 186 valence electrons. The molecule has 0 aliphatic heterocycles. The molecule has 36 heavy (non-hydrogen) atoms. The fraction of sp³-hybridized carbons (Fsp3) is 0.259. The molecule has 0 aliphatic rings. The van der Waals surface area contributed by atoms with E-state index in [1.165, 1.54) is 6.07 Å². The van der Waals surface area contributed by atoms with Crippen molar-refractivity contribution in [2.75, 3.05) is 11.9 Å². The van der Waals surface area contributed by atoms with Crippen LogP contribution < -0.4 is 16.2 Å². The lowest BCUT2D eigenvalue weighted by Crippen LogP contribution is -2.26.